The third-order valence-corrected chi connectivity index (χ3v) is 6.14. The molecule has 1 aliphatic heterocycles. The highest BCUT2D eigenvalue weighted by Crippen LogP contribution is 2.30. The zero-order valence-electron chi connectivity index (χ0n) is 22.0. The molecule has 0 aliphatic carbocycles. The van der Waals surface area contributed by atoms with Gasteiger partial charge in [0.05, 0.1) is 20.3 Å². The lowest BCUT2D eigenvalue weighted by atomic mass is 10.1. The van der Waals surface area contributed by atoms with Gasteiger partial charge in [0.2, 0.25) is 0 Å². The van der Waals surface area contributed by atoms with Crippen molar-refractivity contribution in [1.29, 1.82) is 0 Å². The maximum Gasteiger partial charge on any atom is 0.278 e. The molecule has 5 rings (SSSR count). The minimum absolute atomic E-state index is 0.107. The van der Waals surface area contributed by atoms with Crippen LogP contribution in [0.25, 0.3) is 11.5 Å². The van der Waals surface area contributed by atoms with E-state index in [1.54, 1.807) is 12.2 Å². The van der Waals surface area contributed by atoms with Crippen LogP contribution in [0.5, 0.6) is 5.75 Å². The third-order valence-electron chi connectivity index (χ3n) is 5.80. The normalized spacial score (nSPS) is 15.0. The second kappa shape index (κ2) is 9.73. The van der Waals surface area contributed by atoms with E-state index in [0.29, 0.717) is 17.8 Å². The number of ether oxygens (including phenoxy) is 1. The summed E-state index contributed by atoms with van der Waals surface area (Å²) in [7, 11) is 0. The number of aromatic nitrogens is 5. The maximum atomic E-state index is 16.1. The molecule has 0 radical (unpaired) electrons. The topological polar surface area (TPSA) is 95.1 Å². The smallest absolute Gasteiger partial charge is 0.278 e. The average Bonchev–Trinajstić information content (AvgIpc) is 3.35. The van der Waals surface area contributed by atoms with Crippen LogP contribution in [-0.2, 0) is 25.0 Å². The molecule has 4 aromatic rings. The van der Waals surface area contributed by atoms with E-state index in [9.17, 15) is 18.7 Å². The highest BCUT2D eigenvalue weighted by molar-refractivity contribution is 6.31. The van der Waals surface area contributed by atoms with Gasteiger partial charge in [-0.2, -0.15) is 5.10 Å². The Morgan fingerprint density at radius 3 is 2.66 bits per heavy atom. The Labute approximate surface area is 222 Å². The molecule has 0 saturated heterocycles. The molecule has 196 valence electrons. The minimum atomic E-state index is -2.94. The molecular weight excluding hydrogens is 523 g/mol. The minimum Gasteiger partial charge on any atom is -0.485 e. The molecule has 0 spiro atoms. The van der Waals surface area contributed by atoms with Crippen molar-refractivity contribution in [2.45, 2.75) is 38.8 Å². The number of pyridine rings is 3. The molecule has 8 nitrogen and oxygen atoms in total. The van der Waals surface area contributed by atoms with Crippen molar-refractivity contribution in [3.05, 3.63) is 104 Å². The quantitative estimate of drug-likeness (QED) is 0.375. The Morgan fingerprint density at radius 2 is 1.95 bits per heavy atom. The zero-order chi connectivity index (χ0) is 29.0. The number of aliphatic hydroxyl groups is 1. The largest absolute Gasteiger partial charge is 0.485 e. The Bertz CT molecular complexity index is 1730. The molecule has 4 aromatic heterocycles. The molecule has 12 heteroatoms. The number of fused-ring (bicyclic) bond motifs is 3. The van der Waals surface area contributed by atoms with Crippen molar-refractivity contribution in [1.82, 2.24) is 24.3 Å². The number of hydrogen-bond acceptors (Lipinski definition) is 6. The van der Waals surface area contributed by atoms with Crippen LogP contribution in [0.4, 0.5) is 13.2 Å². The summed E-state index contributed by atoms with van der Waals surface area (Å²) in [6, 6.07) is 3.19. The van der Waals surface area contributed by atoms with E-state index >= 15 is 4.39 Å². The Kier molecular flexibility index (Phi) is 5.94. The monoisotopic (exact) mass is 545 g/mol. The SMILES string of the molecule is [2H]C([2H])(Oc1cc2n(c(=O)c1Cl)-c1c(cnc(-n3ccc(C(C)(C)O)n3)c1F)C/C=C\C2)c1ncc(F)cc1F. The lowest BCUT2D eigenvalue weighted by Crippen LogP contribution is -2.26. The fourth-order valence-electron chi connectivity index (χ4n) is 3.91. The van der Waals surface area contributed by atoms with Crippen molar-refractivity contribution in [3.63, 3.8) is 0 Å². The molecule has 1 aliphatic rings. The maximum absolute atomic E-state index is 16.1. The van der Waals surface area contributed by atoms with Gasteiger partial charge in [0, 0.05) is 42.2 Å². The average molecular weight is 546 g/mol. The molecule has 5 heterocycles. The molecule has 0 unspecified atom stereocenters. The fourth-order valence-corrected chi connectivity index (χ4v) is 4.09. The van der Waals surface area contributed by atoms with Crippen LogP contribution in [-0.4, -0.2) is 29.4 Å². The Morgan fingerprint density at radius 1 is 1.18 bits per heavy atom. The number of nitrogens with zero attached hydrogens (tertiary/aromatic N) is 5. The second-order valence-corrected chi connectivity index (χ2v) is 9.37. The molecule has 0 aromatic carbocycles. The summed E-state index contributed by atoms with van der Waals surface area (Å²) in [5, 5.41) is 13.9. The molecule has 0 amide bonds. The van der Waals surface area contributed by atoms with Gasteiger partial charge < -0.3 is 9.84 Å². The van der Waals surface area contributed by atoms with Gasteiger partial charge in [0.1, 0.15) is 34.4 Å². The van der Waals surface area contributed by atoms with E-state index in [2.05, 4.69) is 15.1 Å². The predicted octanol–water partition coefficient (Wildman–Crippen LogP) is 4.35. The number of halogens is 4. The van der Waals surface area contributed by atoms with Crippen molar-refractivity contribution >= 4 is 11.6 Å². The van der Waals surface area contributed by atoms with Gasteiger partial charge in [0.25, 0.3) is 5.56 Å². The van der Waals surface area contributed by atoms with Gasteiger partial charge in [0.15, 0.2) is 17.5 Å². The zero-order valence-corrected chi connectivity index (χ0v) is 20.8. The van der Waals surface area contributed by atoms with E-state index in [0.717, 1.165) is 9.25 Å². The summed E-state index contributed by atoms with van der Waals surface area (Å²) >= 11 is 6.31. The highest BCUT2D eigenvalue weighted by atomic mass is 35.5. The van der Waals surface area contributed by atoms with Crippen molar-refractivity contribution in [2.24, 2.45) is 0 Å². The van der Waals surface area contributed by atoms with Crippen molar-refractivity contribution in [3.8, 4) is 17.3 Å². The van der Waals surface area contributed by atoms with Crippen LogP contribution in [0.1, 0.15) is 39.2 Å². The molecular formula is C26H21ClF3N5O3. The van der Waals surface area contributed by atoms with Crippen LogP contribution >= 0.6 is 11.6 Å². The van der Waals surface area contributed by atoms with Crippen LogP contribution < -0.4 is 10.3 Å². The second-order valence-electron chi connectivity index (χ2n) is 9.00. The number of allylic oxidation sites excluding steroid dienone is 2. The molecule has 0 fully saturated rings. The van der Waals surface area contributed by atoms with Crippen LogP contribution in [0.2, 0.25) is 5.02 Å². The molecule has 1 N–H and O–H groups in total. The van der Waals surface area contributed by atoms with Gasteiger partial charge in [-0.1, -0.05) is 23.8 Å². The fraction of sp³-hybridized carbons (Fsp3) is 0.231. The first-order chi connectivity index (χ1) is 18.8. The Balaban J connectivity index is 1.65. The summed E-state index contributed by atoms with van der Waals surface area (Å²) in [5.74, 6) is -3.88. The van der Waals surface area contributed by atoms with E-state index in [-0.39, 0.29) is 35.7 Å². The molecule has 0 bridgehead atoms. The van der Waals surface area contributed by atoms with E-state index < -0.39 is 51.6 Å². The van der Waals surface area contributed by atoms with Gasteiger partial charge in [-0.3, -0.25) is 14.3 Å². The standard InChI is InChI=1S/C26H21ClF3N5O3/c1-26(2,37)20-7-8-34(33-20)24-22(30)23-14(11-32-24)5-3-4-6-16-10-19(21(27)25(36)35(16)23)38-13-18-17(29)9-15(28)12-31-18/h3-4,7-12,37H,5-6,13H2,1-2H3/b4-3-/i13D2. The lowest BCUT2D eigenvalue weighted by molar-refractivity contribution is 0.0734. The lowest BCUT2D eigenvalue weighted by Gasteiger charge is -2.21. The highest BCUT2D eigenvalue weighted by Gasteiger charge is 2.26. The Hall–Kier alpha value is -3.96. The van der Waals surface area contributed by atoms with Gasteiger partial charge in [-0.05, 0) is 26.3 Å². The summed E-state index contributed by atoms with van der Waals surface area (Å²) in [5.41, 5.74) is -2.41. The van der Waals surface area contributed by atoms with Crippen LogP contribution in [0.15, 0.2) is 53.7 Å². The number of rotatable bonds is 5. The van der Waals surface area contributed by atoms with Crippen molar-refractivity contribution in [2.75, 3.05) is 0 Å². The molecule has 0 atom stereocenters. The molecule has 0 saturated carbocycles. The summed E-state index contributed by atoms with van der Waals surface area (Å²) in [4.78, 5) is 21.2. The van der Waals surface area contributed by atoms with E-state index in [4.69, 9.17) is 19.1 Å². The van der Waals surface area contributed by atoms with Crippen LogP contribution in [0, 0.1) is 17.5 Å². The number of hydrogen-bond donors (Lipinski definition) is 1. The first-order valence-corrected chi connectivity index (χ1v) is 11.7. The van der Waals surface area contributed by atoms with E-state index in [1.165, 1.54) is 38.4 Å². The van der Waals surface area contributed by atoms with Crippen LogP contribution in [0.3, 0.4) is 0 Å². The van der Waals surface area contributed by atoms with Gasteiger partial charge >= 0.3 is 0 Å². The summed E-state index contributed by atoms with van der Waals surface area (Å²) in [6.45, 7) is 0.107. The van der Waals surface area contributed by atoms with Crippen molar-refractivity contribution < 1.29 is 25.8 Å². The van der Waals surface area contributed by atoms with Gasteiger partial charge in [-0.15, -0.1) is 0 Å². The molecule has 38 heavy (non-hydrogen) atoms. The predicted molar refractivity (Wildman–Crippen MR) is 132 cm³/mol. The first kappa shape index (κ1) is 23.2. The third kappa shape index (κ3) is 4.70. The summed E-state index contributed by atoms with van der Waals surface area (Å²) < 4.78 is 67.5. The van der Waals surface area contributed by atoms with Gasteiger partial charge in [-0.25, -0.2) is 22.8 Å². The first-order valence-electron chi connectivity index (χ1n) is 12.3. The summed E-state index contributed by atoms with van der Waals surface area (Å²) in [6.07, 6.45) is 7.26. The van der Waals surface area contributed by atoms with E-state index in [1.807, 2.05) is 0 Å².